The van der Waals surface area contributed by atoms with E-state index in [9.17, 15) is 4.79 Å². The minimum Gasteiger partial charge on any atom is -0.312 e. The zero-order valence-electron chi connectivity index (χ0n) is 17.4. The number of hydrogen-bond acceptors (Lipinski definition) is 1. The smallest absolute Gasteiger partial charge is 0.227 e. The largest absolute Gasteiger partial charge is 0.312 e. The lowest BCUT2D eigenvalue weighted by Gasteiger charge is -2.24. The lowest BCUT2D eigenvalue weighted by atomic mass is 9.80. The third-order valence-electron chi connectivity index (χ3n) is 5.09. The fourth-order valence-electron chi connectivity index (χ4n) is 3.53. The maximum absolute atomic E-state index is 12.5. The summed E-state index contributed by atoms with van der Waals surface area (Å²) in [4.78, 5) is 14.5. The highest BCUT2D eigenvalue weighted by Gasteiger charge is 2.33. The van der Waals surface area contributed by atoms with E-state index in [-0.39, 0.29) is 11.3 Å². The van der Waals surface area contributed by atoms with Crippen LogP contribution in [0.15, 0.2) is 24.3 Å². The van der Waals surface area contributed by atoms with Crippen LogP contribution in [0.2, 0.25) is 0 Å². The van der Waals surface area contributed by atoms with Gasteiger partial charge in [-0.3, -0.25) is 4.79 Å². The Kier molecular flexibility index (Phi) is 9.24. The van der Waals surface area contributed by atoms with E-state index in [1.807, 2.05) is 4.90 Å². The molecule has 1 fully saturated rings. The van der Waals surface area contributed by atoms with Gasteiger partial charge in [0.2, 0.25) is 5.91 Å². The van der Waals surface area contributed by atoms with Gasteiger partial charge in [-0.05, 0) is 36.8 Å². The van der Waals surface area contributed by atoms with E-state index in [0.29, 0.717) is 12.3 Å². The van der Waals surface area contributed by atoms with Crippen LogP contribution in [0.3, 0.4) is 0 Å². The summed E-state index contributed by atoms with van der Waals surface area (Å²) < 4.78 is 0. The van der Waals surface area contributed by atoms with Gasteiger partial charge in [0.15, 0.2) is 0 Å². The van der Waals surface area contributed by atoms with Gasteiger partial charge >= 0.3 is 0 Å². The molecule has 1 amide bonds. The molecule has 25 heavy (non-hydrogen) atoms. The number of hydrogen-bond donors (Lipinski definition) is 0. The minimum atomic E-state index is 0.122. The molecule has 2 rings (SSSR count). The van der Waals surface area contributed by atoms with Crippen LogP contribution in [0.1, 0.15) is 85.1 Å². The molecule has 142 valence electrons. The number of benzene rings is 1. The minimum absolute atomic E-state index is 0.122. The first-order valence-electron chi connectivity index (χ1n) is 10.2. The van der Waals surface area contributed by atoms with Crippen molar-refractivity contribution in [1.82, 2.24) is 0 Å². The molecule has 1 aromatic carbocycles. The highest BCUT2D eigenvalue weighted by Crippen LogP contribution is 2.36. The van der Waals surface area contributed by atoms with E-state index in [2.05, 4.69) is 65.8 Å². The SMILES string of the molecule is CCC1CN(c2ccc(C)cc2)C(=O)CC(C)(C)C1.CCCCCC. The van der Waals surface area contributed by atoms with Crippen molar-refractivity contribution in [2.24, 2.45) is 11.3 Å². The number of nitrogens with zero attached hydrogens (tertiary/aromatic N) is 1. The Morgan fingerprint density at radius 1 is 1.04 bits per heavy atom. The summed E-state index contributed by atoms with van der Waals surface area (Å²) in [7, 11) is 0. The summed E-state index contributed by atoms with van der Waals surface area (Å²) in [5.41, 5.74) is 2.40. The lowest BCUT2D eigenvalue weighted by Crippen LogP contribution is -2.33. The average Bonchev–Trinajstić information content (AvgIpc) is 2.69. The summed E-state index contributed by atoms with van der Waals surface area (Å²) in [6, 6.07) is 8.30. The van der Waals surface area contributed by atoms with Crippen LogP contribution in [-0.2, 0) is 4.79 Å². The second-order valence-corrected chi connectivity index (χ2v) is 8.37. The zero-order valence-corrected chi connectivity index (χ0v) is 17.4. The molecule has 1 saturated heterocycles. The van der Waals surface area contributed by atoms with Gasteiger partial charge in [0.25, 0.3) is 0 Å². The second-order valence-electron chi connectivity index (χ2n) is 8.37. The van der Waals surface area contributed by atoms with E-state index in [1.54, 1.807) is 0 Å². The highest BCUT2D eigenvalue weighted by atomic mass is 16.2. The van der Waals surface area contributed by atoms with Crippen LogP contribution in [0.25, 0.3) is 0 Å². The summed E-state index contributed by atoms with van der Waals surface area (Å²) in [6.07, 6.45) is 8.46. The second kappa shape index (κ2) is 10.6. The number of rotatable bonds is 5. The number of anilines is 1. The monoisotopic (exact) mass is 345 g/mol. The van der Waals surface area contributed by atoms with Gasteiger partial charge < -0.3 is 4.90 Å². The summed E-state index contributed by atoms with van der Waals surface area (Å²) >= 11 is 0. The fraction of sp³-hybridized carbons (Fsp3) is 0.696. The van der Waals surface area contributed by atoms with Crippen molar-refractivity contribution in [3.05, 3.63) is 29.8 Å². The Bertz CT molecular complexity index is 499. The highest BCUT2D eigenvalue weighted by molar-refractivity contribution is 5.94. The maximum Gasteiger partial charge on any atom is 0.227 e. The quantitative estimate of drug-likeness (QED) is 0.540. The van der Waals surface area contributed by atoms with Gasteiger partial charge in [0.1, 0.15) is 0 Å². The number of amides is 1. The van der Waals surface area contributed by atoms with Crippen molar-refractivity contribution in [1.29, 1.82) is 0 Å². The van der Waals surface area contributed by atoms with E-state index < -0.39 is 0 Å². The molecule has 1 aliphatic rings. The van der Waals surface area contributed by atoms with Gasteiger partial charge in [-0.2, -0.15) is 0 Å². The Labute approximate surface area is 156 Å². The third kappa shape index (κ3) is 7.63. The number of carbonyl (C=O) groups is 1. The first-order valence-corrected chi connectivity index (χ1v) is 10.2. The van der Waals surface area contributed by atoms with Crippen LogP contribution < -0.4 is 4.90 Å². The van der Waals surface area contributed by atoms with Gasteiger partial charge in [-0.15, -0.1) is 0 Å². The van der Waals surface area contributed by atoms with Crippen LogP contribution >= 0.6 is 0 Å². The average molecular weight is 346 g/mol. The number of aryl methyl sites for hydroxylation is 1. The Morgan fingerprint density at radius 2 is 1.60 bits per heavy atom. The molecule has 2 nitrogen and oxygen atoms in total. The normalized spacial score (nSPS) is 19.8. The molecule has 0 bridgehead atoms. The summed E-state index contributed by atoms with van der Waals surface area (Å²) in [5.74, 6) is 0.868. The van der Waals surface area contributed by atoms with Gasteiger partial charge in [0, 0.05) is 18.7 Å². The molecule has 2 heteroatoms. The van der Waals surface area contributed by atoms with Crippen LogP contribution in [0.5, 0.6) is 0 Å². The van der Waals surface area contributed by atoms with E-state index >= 15 is 0 Å². The van der Waals surface area contributed by atoms with Crippen LogP contribution in [0, 0.1) is 18.3 Å². The molecule has 0 saturated carbocycles. The summed E-state index contributed by atoms with van der Waals surface area (Å²) in [5, 5.41) is 0. The molecule has 0 spiro atoms. The van der Waals surface area contributed by atoms with Crippen molar-refractivity contribution in [2.75, 3.05) is 11.4 Å². The maximum atomic E-state index is 12.5. The Balaban J connectivity index is 0.000000450. The zero-order chi connectivity index (χ0) is 18.9. The summed E-state index contributed by atoms with van der Waals surface area (Å²) in [6.45, 7) is 14.1. The van der Waals surface area contributed by atoms with E-state index in [1.165, 1.54) is 31.2 Å². The third-order valence-corrected chi connectivity index (χ3v) is 5.09. The molecular weight excluding hydrogens is 306 g/mol. The molecule has 0 aliphatic carbocycles. The fourth-order valence-corrected chi connectivity index (χ4v) is 3.53. The topological polar surface area (TPSA) is 20.3 Å². The molecular formula is C23H39NO. The molecule has 1 unspecified atom stereocenters. The molecule has 1 aliphatic heterocycles. The molecule has 1 heterocycles. The van der Waals surface area contributed by atoms with Gasteiger partial charge in [-0.25, -0.2) is 0 Å². The van der Waals surface area contributed by atoms with Gasteiger partial charge in [0.05, 0.1) is 0 Å². The molecule has 0 N–H and O–H groups in total. The molecule has 1 aromatic rings. The molecule has 0 radical (unpaired) electrons. The van der Waals surface area contributed by atoms with Crippen molar-refractivity contribution in [3.8, 4) is 0 Å². The van der Waals surface area contributed by atoms with Crippen molar-refractivity contribution in [2.45, 2.75) is 86.5 Å². The van der Waals surface area contributed by atoms with Crippen LogP contribution in [-0.4, -0.2) is 12.5 Å². The standard InChI is InChI=1S/C17H25NO.C6H14/c1-5-14-10-17(3,4)11-16(19)18(12-14)15-8-6-13(2)7-9-15;1-3-5-6-4-2/h6-9,14H,5,10-12H2,1-4H3;3-6H2,1-2H3. The first-order chi connectivity index (χ1) is 11.8. The van der Waals surface area contributed by atoms with E-state index in [4.69, 9.17) is 0 Å². The Morgan fingerprint density at radius 3 is 2.08 bits per heavy atom. The van der Waals surface area contributed by atoms with E-state index in [0.717, 1.165) is 25.1 Å². The molecule has 0 aromatic heterocycles. The van der Waals surface area contributed by atoms with Crippen molar-refractivity contribution >= 4 is 11.6 Å². The predicted octanol–water partition coefficient (Wildman–Crippen LogP) is 6.76. The number of unbranched alkanes of at least 4 members (excludes halogenated alkanes) is 3. The number of carbonyl (C=O) groups excluding carboxylic acids is 1. The Hall–Kier alpha value is -1.31. The first kappa shape index (κ1) is 21.7. The predicted molar refractivity (Wildman–Crippen MR) is 110 cm³/mol. The lowest BCUT2D eigenvalue weighted by molar-refractivity contribution is -0.120. The molecule has 1 atom stereocenters. The van der Waals surface area contributed by atoms with Crippen molar-refractivity contribution < 1.29 is 4.79 Å². The van der Waals surface area contributed by atoms with Crippen molar-refractivity contribution in [3.63, 3.8) is 0 Å². The van der Waals surface area contributed by atoms with Gasteiger partial charge in [-0.1, -0.05) is 84.4 Å². The van der Waals surface area contributed by atoms with Crippen LogP contribution in [0.4, 0.5) is 5.69 Å².